The first kappa shape index (κ1) is 14.1. The zero-order valence-electron chi connectivity index (χ0n) is 9.70. The second-order valence-corrected chi connectivity index (χ2v) is 5.89. The highest BCUT2D eigenvalue weighted by Crippen LogP contribution is 2.15. The number of halogens is 2. The lowest BCUT2D eigenvalue weighted by atomic mass is 10.1. The maximum Gasteiger partial charge on any atom is 0.243 e. The third kappa shape index (κ3) is 4.05. The quantitative estimate of drug-likeness (QED) is 0.886. The predicted octanol–water partition coefficient (Wildman–Crippen LogP) is 2.29. The Morgan fingerprint density at radius 3 is 2.53 bits per heavy atom. The molecule has 0 saturated carbocycles. The number of benzene rings is 1. The smallest absolute Gasteiger partial charge is 0.211 e. The molecule has 0 bridgehead atoms. The van der Waals surface area contributed by atoms with E-state index in [1.54, 1.807) is 0 Å². The number of hydrogen-bond acceptors (Lipinski definition) is 2. The van der Waals surface area contributed by atoms with Crippen molar-refractivity contribution in [3.63, 3.8) is 0 Å². The van der Waals surface area contributed by atoms with Gasteiger partial charge >= 0.3 is 0 Å². The van der Waals surface area contributed by atoms with E-state index < -0.39 is 26.6 Å². The molecule has 1 aromatic rings. The van der Waals surface area contributed by atoms with Gasteiger partial charge in [0.2, 0.25) is 10.0 Å². The van der Waals surface area contributed by atoms with Crippen LogP contribution < -0.4 is 4.72 Å². The van der Waals surface area contributed by atoms with Crippen LogP contribution in [0.15, 0.2) is 23.1 Å². The summed E-state index contributed by atoms with van der Waals surface area (Å²) < 4.78 is 51.7. The summed E-state index contributed by atoms with van der Waals surface area (Å²) in [6.07, 6.45) is 0.635. The fraction of sp³-hybridized carbons (Fsp3) is 0.455. The van der Waals surface area contributed by atoms with E-state index in [4.69, 9.17) is 0 Å². The molecule has 0 aliphatic rings. The molecule has 0 aromatic heterocycles. The highest BCUT2D eigenvalue weighted by atomic mass is 32.2. The summed E-state index contributed by atoms with van der Waals surface area (Å²) in [6.45, 7) is 4.09. The molecule has 96 valence electrons. The van der Waals surface area contributed by atoms with Crippen molar-refractivity contribution in [1.29, 1.82) is 0 Å². The van der Waals surface area contributed by atoms with Crippen LogP contribution in [0, 0.1) is 17.6 Å². The van der Waals surface area contributed by atoms with Gasteiger partial charge in [0.05, 0.1) is 0 Å². The summed E-state index contributed by atoms with van der Waals surface area (Å²) in [5, 5.41) is 0. The van der Waals surface area contributed by atoms with Crippen LogP contribution in [0.25, 0.3) is 0 Å². The minimum atomic E-state index is -3.97. The molecule has 0 saturated heterocycles. The summed E-state index contributed by atoms with van der Waals surface area (Å²) in [5.41, 5.74) is 0. The van der Waals surface area contributed by atoms with Gasteiger partial charge in [-0.3, -0.25) is 0 Å². The lowest BCUT2D eigenvalue weighted by Crippen LogP contribution is -2.26. The van der Waals surface area contributed by atoms with Gasteiger partial charge in [-0.15, -0.1) is 0 Å². The first-order valence-corrected chi connectivity index (χ1v) is 6.76. The minimum absolute atomic E-state index is 0.204. The van der Waals surface area contributed by atoms with Gasteiger partial charge in [0.15, 0.2) is 0 Å². The van der Waals surface area contributed by atoms with Crippen molar-refractivity contribution in [2.75, 3.05) is 6.54 Å². The van der Waals surface area contributed by atoms with Gasteiger partial charge in [-0.2, -0.15) is 0 Å². The van der Waals surface area contributed by atoms with E-state index in [1.165, 1.54) is 0 Å². The maximum atomic E-state index is 13.3. The summed E-state index contributed by atoms with van der Waals surface area (Å²) in [4.78, 5) is -0.652. The van der Waals surface area contributed by atoms with Gasteiger partial charge in [-0.05, 0) is 30.5 Å². The van der Waals surface area contributed by atoms with Crippen LogP contribution in [-0.4, -0.2) is 15.0 Å². The number of nitrogens with one attached hydrogen (secondary N) is 1. The molecular formula is C11H15F2NO2S. The zero-order valence-corrected chi connectivity index (χ0v) is 10.5. The zero-order chi connectivity index (χ0) is 13.1. The molecule has 3 nitrogen and oxygen atoms in total. The van der Waals surface area contributed by atoms with Crippen LogP contribution in [-0.2, 0) is 10.0 Å². The SMILES string of the molecule is CC(C)CCNS(=O)(=O)c1cc(F)ccc1F. The van der Waals surface area contributed by atoms with Crippen molar-refractivity contribution in [3.05, 3.63) is 29.8 Å². The van der Waals surface area contributed by atoms with Gasteiger partial charge in [0.1, 0.15) is 16.5 Å². The molecule has 0 unspecified atom stereocenters. The third-order valence-corrected chi connectivity index (χ3v) is 3.67. The van der Waals surface area contributed by atoms with Gasteiger partial charge < -0.3 is 0 Å². The molecular weight excluding hydrogens is 248 g/mol. The molecule has 0 aliphatic carbocycles. The van der Waals surface area contributed by atoms with Gasteiger partial charge in [0, 0.05) is 6.54 Å². The van der Waals surface area contributed by atoms with E-state index in [1.807, 2.05) is 13.8 Å². The Labute approximate surface area is 99.9 Å². The van der Waals surface area contributed by atoms with Gasteiger partial charge in [-0.1, -0.05) is 13.8 Å². The predicted molar refractivity (Wildman–Crippen MR) is 61.0 cm³/mol. The first-order chi connectivity index (χ1) is 7.83. The fourth-order valence-electron chi connectivity index (χ4n) is 1.24. The third-order valence-electron chi connectivity index (χ3n) is 2.20. The normalized spacial score (nSPS) is 12.1. The molecule has 0 aliphatic heterocycles. The summed E-state index contributed by atoms with van der Waals surface area (Å²) in [6, 6.07) is 2.35. The van der Waals surface area contributed by atoms with Gasteiger partial charge in [0.25, 0.3) is 0 Å². The van der Waals surface area contributed by atoms with Gasteiger partial charge in [-0.25, -0.2) is 21.9 Å². The van der Waals surface area contributed by atoms with Crippen LogP contribution in [0.3, 0.4) is 0 Å². The van der Waals surface area contributed by atoms with E-state index >= 15 is 0 Å². The molecule has 17 heavy (non-hydrogen) atoms. The Bertz CT molecular complexity index is 486. The molecule has 0 radical (unpaired) electrons. The Morgan fingerprint density at radius 2 is 1.94 bits per heavy atom. The topological polar surface area (TPSA) is 46.2 Å². The Hall–Kier alpha value is -1.01. The standard InChI is InChI=1S/C11H15F2NO2S/c1-8(2)5-6-14-17(15,16)11-7-9(12)3-4-10(11)13/h3-4,7-8,14H,5-6H2,1-2H3. The van der Waals surface area contributed by atoms with Crippen LogP contribution in [0.5, 0.6) is 0 Å². The molecule has 1 N–H and O–H groups in total. The fourth-order valence-corrected chi connectivity index (χ4v) is 2.38. The van der Waals surface area contributed by atoms with Crippen LogP contribution >= 0.6 is 0 Å². The molecule has 0 heterocycles. The van der Waals surface area contributed by atoms with Crippen molar-refractivity contribution in [3.8, 4) is 0 Å². The monoisotopic (exact) mass is 263 g/mol. The van der Waals surface area contributed by atoms with Crippen LogP contribution in [0.1, 0.15) is 20.3 Å². The molecule has 1 rings (SSSR count). The Morgan fingerprint density at radius 1 is 1.29 bits per heavy atom. The molecule has 6 heteroatoms. The van der Waals surface area contributed by atoms with E-state index in [2.05, 4.69) is 4.72 Å². The maximum absolute atomic E-state index is 13.3. The lowest BCUT2D eigenvalue weighted by molar-refractivity contribution is 0.534. The largest absolute Gasteiger partial charge is 0.243 e. The average molecular weight is 263 g/mol. The second-order valence-electron chi connectivity index (χ2n) is 4.16. The number of sulfonamides is 1. The van der Waals surface area contributed by atoms with Crippen molar-refractivity contribution < 1.29 is 17.2 Å². The molecule has 0 amide bonds. The van der Waals surface area contributed by atoms with Crippen molar-refractivity contribution in [2.45, 2.75) is 25.2 Å². The van der Waals surface area contributed by atoms with Crippen molar-refractivity contribution in [1.82, 2.24) is 4.72 Å². The van der Waals surface area contributed by atoms with Crippen LogP contribution in [0.4, 0.5) is 8.78 Å². The van der Waals surface area contributed by atoms with Crippen molar-refractivity contribution in [2.24, 2.45) is 5.92 Å². The van der Waals surface area contributed by atoms with Crippen LogP contribution in [0.2, 0.25) is 0 Å². The highest BCUT2D eigenvalue weighted by Gasteiger charge is 2.19. The molecule has 1 aromatic carbocycles. The van der Waals surface area contributed by atoms with E-state index in [0.29, 0.717) is 18.4 Å². The minimum Gasteiger partial charge on any atom is -0.211 e. The van der Waals surface area contributed by atoms with E-state index in [-0.39, 0.29) is 6.54 Å². The summed E-state index contributed by atoms with van der Waals surface area (Å²) in [7, 11) is -3.97. The second kappa shape index (κ2) is 5.55. The molecule has 0 spiro atoms. The number of hydrogen-bond donors (Lipinski definition) is 1. The molecule has 0 fully saturated rings. The van der Waals surface area contributed by atoms with E-state index in [9.17, 15) is 17.2 Å². The average Bonchev–Trinajstić information content (AvgIpc) is 2.20. The Balaban J connectivity index is 2.86. The molecule has 0 atom stereocenters. The van der Waals surface area contributed by atoms with Crippen molar-refractivity contribution >= 4 is 10.0 Å². The highest BCUT2D eigenvalue weighted by molar-refractivity contribution is 7.89. The number of rotatable bonds is 5. The van der Waals surface area contributed by atoms with E-state index in [0.717, 1.165) is 12.1 Å². The summed E-state index contributed by atoms with van der Waals surface area (Å²) >= 11 is 0. The summed E-state index contributed by atoms with van der Waals surface area (Å²) in [5.74, 6) is -1.41. The Kier molecular flexibility index (Phi) is 4.59. The first-order valence-electron chi connectivity index (χ1n) is 5.27. The lowest BCUT2D eigenvalue weighted by Gasteiger charge is -2.09.